The first-order chi connectivity index (χ1) is 11.4. The van der Waals surface area contributed by atoms with Crippen molar-refractivity contribution in [2.45, 2.75) is 75.1 Å². The van der Waals surface area contributed by atoms with Crippen molar-refractivity contribution in [3.8, 4) is 0 Å². The summed E-state index contributed by atoms with van der Waals surface area (Å²) in [5.41, 5.74) is 0. The minimum Gasteiger partial charge on any atom is -0.468 e. The zero-order chi connectivity index (χ0) is 19.7. The molecule has 0 spiro atoms. The monoisotopic (exact) mass is 400 g/mol. The maximum Gasteiger partial charge on any atom is 0.459 e. The van der Waals surface area contributed by atoms with Crippen molar-refractivity contribution in [3.05, 3.63) is 0 Å². The summed E-state index contributed by atoms with van der Waals surface area (Å²) in [5, 5.41) is -0.492. The zero-order valence-electron chi connectivity index (χ0n) is 14.1. The van der Waals surface area contributed by atoms with Crippen LogP contribution in [0.25, 0.3) is 0 Å². The Bertz CT molecular complexity index is 400. The molecule has 0 aliphatic heterocycles. The molecule has 0 bridgehead atoms. The number of carbonyl (C=O) groups is 1. The van der Waals surface area contributed by atoms with E-state index in [1.165, 1.54) is 7.11 Å². The van der Waals surface area contributed by atoms with E-state index < -0.39 is 42.1 Å². The van der Waals surface area contributed by atoms with Crippen LogP contribution in [0.4, 0.5) is 30.7 Å². The summed E-state index contributed by atoms with van der Waals surface area (Å²) in [4.78, 5) is 11.6. The number of hydrogen-bond donors (Lipinski definition) is 0. The van der Waals surface area contributed by atoms with Crippen LogP contribution < -0.4 is 0 Å². The Balaban J connectivity index is 4.35. The minimum absolute atomic E-state index is 0.00450. The highest BCUT2D eigenvalue weighted by molar-refractivity contribution is 8.00. The number of unbranched alkanes of at least 4 members (excludes halogenated alkanes) is 3. The van der Waals surface area contributed by atoms with E-state index in [1.807, 2.05) is 6.92 Å². The van der Waals surface area contributed by atoms with E-state index in [0.29, 0.717) is 6.42 Å². The number of hydrogen-bond acceptors (Lipinski definition) is 3. The smallest absolute Gasteiger partial charge is 0.459 e. The van der Waals surface area contributed by atoms with Gasteiger partial charge in [0.2, 0.25) is 0 Å². The van der Waals surface area contributed by atoms with Crippen LogP contribution in [0.3, 0.4) is 0 Å². The summed E-state index contributed by atoms with van der Waals surface area (Å²) < 4.78 is 92.3. The Morgan fingerprint density at radius 2 is 1.60 bits per heavy atom. The predicted molar refractivity (Wildman–Crippen MR) is 82.2 cm³/mol. The maximum absolute atomic E-state index is 13.1. The van der Waals surface area contributed by atoms with Gasteiger partial charge in [-0.2, -0.15) is 30.7 Å². The molecular formula is C15H23F7O2S. The van der Waals surface area contributed by atoms with Gasteiger partial charge < -0.3 is 4.74 Å². The molecule has 0 amide bonds. The Morgan fingerprint density at radius 3 is 2.08 bits per heavy atom. The van der Waals surface area contributed by atoms with Gasteiger partial charge in [0.25, 0.3) is 0 Å². The van der Waals surface area contributed by atoms with E-state index in [1.54, 1.807) is 0 Å². The molecule has 0 saturated carbocycles. The normalized spacial score (nSPS) is 14.4. The standard InChI is InChI=1S/C15H23F7O2S/c1-3-4-5-8-11(12(23)24-2)25-10-7-6-9-13(16,17)14(18,19)15(20,21)22/h11H,3-10H2,1-2H3. The highest BCUT2D eigenvalue weighted by Gasteiger charge is 2.72. The largest absolute Gasteiger partial charge is 0.468 e. The van der Waals surface area contributed by atoms with Crippen molar-refractivity contribution < 1.29 is 40.3 Å². The maximum atomic E-state index is 13.1. The molecule has 2 nitrogen and oxygen atoms in total. The second-order valence-electron chi connectivity index (χ2n) is 5.61. The Morgan fingerprint density at radius 1 is 1.00 bits per heavy atom. The number of ether oxygens (including phenoxy) is 1. The first-order valence-corrected chi connectivity index (χ1v) is 8.97. The average molecular weight is 400 g/mol. The van der Waals surface area contributed by atoms with Crippen LogP contribution in [0.1, 0.15) is 51.9 Å². The molecule has 0 aromatic rings. The van der Waals surface area contributed by atoms with Gasteiger partial charge in [0.15, 0.2) is 0 Å². The fraction of sp³-hybridized carbons (Fsp3) is 0.933. The molecule has 0 heterocycles. The van der Waals surface area contributed by atoms with Gasteiger partial charge >= 0.3 is 24.0 Å². The molecule has 0 N–H and O–H groups in total. The number of thioether (sulfide) groups is 1. The van der Waals surface area contributed by atoms with Crippen molar-refractivity contribution in [2.24, 2.45) is 0 Å². The van der Waals surface area contributed by atoms with Crippen LogP contribution >= 0.6 is 11.8 Å². The van der Waals surface area contributed by atoms with Crippen LogP contribution in [-0.4, -0.2) is 42.1 Å². The van der Waals surface area contributed by atoms with Gasteiger partial charge in [-0.1, -0.05) is 26.2 Å². The van der Waals surface area contributed by atoms with Gasteiger partial charge in [0.05, 0.1) is 7.11 Å². The first kappa shape index (κ1) is 24.3. The van der Waals surface area contributed by atoms with E-state index in [4.69, 9.17) is 0 Å². The lowest BCUT2D eigenvalue weighted by Gasteiger charge is -2.28. The number of rotatable bonds is 12. The third-order valence-electron chi connectivity index (χ3n) is 3.55. The van der Waals surface area contributed by atoms with Gasteiger partial charge in [-0.05, 0) is 25.0 Å². The van der Waals surface area contributed by atoms with Crippen LogP contribution in [0.5, 0.6) is 0 Å². The molecule has 0 rings (SSSR count). The molecular weight excluding hydrogens is 377 g/mol. The summed E-state index contributed by atoms with van der Waals surface area (Å²) in [5.74, 6) is -11.5. The molecule has 0 fully saturated rings. The molecule has 0 aliphatic rings. The summed E-state index contributed by atoms with van der Waals surface area (Å²) in [7, 11) is 1.22. The van der Waals surface area contributed by atoms with E-state index in [0.717, 1.165) is 31.0 Å². The van der Waals surface area contributed by atoms with Crippen LogP contribution in [0.2, 0.25) is 0 Å². The number of alkyl halides is 7. The van der Waals surface area contributed by atoms with Gasteiger partial charge in [0, 0.05) is 6.42 Å². The molecule has 0 aromatic carbocycles. The number of halogens is 7. The lowest BCUT2D eigenvalue weighted by molar-refractivity contribution is -0.355. The molecule has 0 aliphatic carbocycles. The SMILES string of the molecule is CCCCCC(SCCCCC(F)(F)C(F)(F)C(F)(F)F)C(=O)OC. The fourth-order valence-electron chi connectivity index (χ4n) is 2.02. The summed E-state index contributed by atoms with van der Waals surface area (Å²) in [6.07, 6.45) is -5.20. The molecule has 1 atom stereocenters. The van der Waals surface area contributed by atoms with E-state index in [-0.39, 0.29) is 12.2 Å². The number of methoxy groups -OCH3 is 1. The molecule has 10 heteroatoms. The van der Waals surface area contributed by atoms with E-state index in [9.17, 15) is 35.5 Å². The van der Waals surface area contributed by atoms with Crippen molar-refractivity contribution in [1.29, 1.82) is 0 Å². The average Bonchev–Trinajstić information content (AvgIpc) is 2.50. The first-order valence-electron chi connectivity index (χ1n) is 7.92. The second kappa shape index (κ2) is 10.5. The molecule has 1 unspecified atom stereocenters. The van der Waals surface area contributed by atoms with Crippen LogP contribution in [-0.2, 0) is 9.53 Å². The van der Waals surface area contributed by atoms with E-state index in [2.05, 4.69) is 4.74 Å². The highest BCUT2D eigenvalue weighted by Crippen LogP contribution is 2.48. The Hall–Kier alpha value is -0.670. The Kier molecular flexibility index (Phi) is 10.2. The molecule has 0 aromatic heterocycles. The molecule has 25 heavy (non-hydrogen) atoms. The fourth-order valence-corrected chi connectivity index (χ4v) is 3.24. The number of carbonyl (C=O) groups excluding carboxylic acids is 1. The zero-order valence-corrected chi connectivity index (χ0v) is 14.9. The topological polar surface area (TPSA) is 26.3 Å². The van der Waals surface area contributed by atoms with Gasteiger partial charge in [0.1, 0.15) is 5.25 Å². The second-order valence-corrected chi connectivity index (χ2v) is 6.92. The third kappa shape index (κ3) is 7.62. The highest BCUT2D eigenvalue weighted by atomic mass is 32.2. The van der Waals surface area contributed by atoms with Gasteiger partial charge in [-0.15, -0.1) is 11.8 Å². The van der Waals surface area contributed by atoms with Crippen LogP contribution in [0.15, 0.2) is 0 Å². The molecule has 150 valence electrons. The lowest BCUT2D eigenvalue weighted by atomic mass is 10.0. The van der Waals surface area contributed by atoms with Crippen LogP contribution in [0, 0.1) is 0 Å². The minimum atomic E-state index is -6.29. The quantitative estimate of drug-likeness (QED) is 0.234. The summed E-state index contributed by atoms with van der Waals surface area (Å²) in [6, 6.07) is 0. The Labute approximate surface area is 146 Å². The van der Waals surface area contributed by atoms with Crippen molar-refractivity contribution in [1.82, 2.24) is 0 Å². The van der Waals surface area contributed by atoms with E-state index >= 15 is 0 Å². The molecule has 0 saturated heterocycles. The summed E-state index contributed by atoms with van der Waals surface area (Å²) in [6.45, 7) is 1.98. The van der Waals surface area contributed by atoms with Crippen molar-refractivity contribution in [2.75, 3.05) is 12.9 Å². The number of esters is 1. The van der Waals surface area contributed by atoms with Gasteiger partial charge in [-0.25, -0.2) is 0 Å². The van der Waals surface area contributed by atoms with Crippen molar-refractivity contribution in [3.63, 3.8) is 0 Å². The molecule has 0 radical (unpaired) electrons. The van der Waals surface area contributed by atoms with Crippen molar-refractivity contribution >= 4 is 17.7 Å². The third-order valence-corrected chi connectivity index (χ3v) is 4.91. The summed E-state index contributed by atoms with van der Waals surface area (Å²) >= 11 is 1.14. The van der Waals surface area contributed by atoms with Gasteiger partial charge in [-0.3, -0.25) is 4.79 Å². The predicted octanol–water partition coefficient (Wildman–Crippen LogP) is 5.84. The lowest BCUT2D eigenvalue weighted by Crippen LogP contribution is -2.51.